The number of carbonyl (C=O) groups excluding carboxylic acids is 2. The molecule has 0 bridgehead atoms. The molecule has 1 N–H and O–H groups in total. The average molecular weight is 509 g/mol. The minimum atomic E-state index is -1.04. The highest BCUT2D eigenvalue weighted by atomic mass is 16.7. The highest BCUT2D eigenvalue weighted by Gasteiger charge is 2.75. The molecule has 0 aromatic carbocycles. The smallest absolute Gasteiger partial charge is 0.178 e. The average Bonchev–Trinajstić information content (AvgIpc) is 3.24. The molecule has 202 valence electrons. The van der Waals surface area contributed by atoms with Gasteiger partial charge in [0.25, 0.3) is 0 Å². The Morgan fingerprint density at radius 1 is 1.19 bits per heavy atom. The van der Waals surface area contributed by atoms with Crippen molar-refractivity contribution in [2.24, 2.45) is 39.9 Å². The van der Waals surface area contributed by atoms with Gasteiger partial charge < -0.3 is 14.6 Å². The van der Waals surface area contributed by atoms with Crippen LogP contribution in [-0.4, -0.2) is 40.8 Å². The minimum Gasteiger partial charge on any atom is -0.393 e. The first-order chi connectivity index (χ1) is 17.4. The monoisotopic (exact) mass is 508 g/mol. The van der Waals surface area contributed by atoms with E-state index in [0.717, 1.165) is 24.8 Å². The number of rotatable bonds is 4. The fourth-order valence-electron chi connectivity index (χ4n) is 9.18. The van der Waals surface area contributed by atoms with E-state index in [2.05, 4.69) is 40.7 Å². The third-order valence-electron chi connectivity index (χ3n) is 11.1. The summed E-state index contributed by atoms with van der Waals surface area (Å²) in [5.41, 5.74) is -0.893. The number of ketones is 2. The molecule has 0 amide bonds. The summed E-state index contributed by atoms with van der Waals surface area (Å²) in [7, 11) is 0. The third-order valence-corrected chi connectivity index (χ3v) is 11.1. The van der Waals surface area contributed by atoms with E-state index in [1.54, 1.807) is 12.2 Å². The molecule has 6 aliphatic rings. The first kappa shape index (κ1) is 25.7. The maximum atomic E-state index is 14.3. The summed E-state index contributed by atoms with van der Waals surface area (Å²) >= 11 is 0. The maximum absolute atomic E-state index is 14.3. The summed E-state index contributed by atoms with van der Waals surface area (Å²) in [6.07, 6.45) is 15.6. The number of aliphatic hydroxyl groups is 1. The first-order valence-electron chi connectivity index (χ1n) is 14.5. The van der Waals surface area contributed by atoms with Gasteiger partial charge in [0.05, 0.1) is 12.2 Å². The molecule has 5 fully saturated rings. The molecule has 37 heavy (non-hydrogen) atoms. The van der Waals surface area contributed by atoms with Crippen LogP contribution in [-0.2, 0) is 19.1 Å². The van der Waals surface area contributed by atoms with Crippen molar-refractivity contribution >= 4 is 11.6 Å². The second kappa shape index (κ2) is 8.47. The van der Waals surface area contributed by atoms with Gasteiger partial charge in [-0.25, -0.2) is 0 Å². The molecular weight excluding hydrogens is 464 g/mol. The van der Waals surface area contributed by atoms with Crippen molar-refractivity contribution in [2.45, 2.75) is 110 Å². The molecule has 0 radical (unpaired) electrons. The van der Waals surface area contributed by atoms with Gasteiger partial charge in [-0.1, -0.05) is 58.8 Å². The summed E-state index contributed by atoms with van der Waals surface area (Å²) in [5.74, 6) is 1.26. The van der Waals surface area contributed by atoms with Crippen molar-refractivity contribution in [3.63, 3.8) is 0 Å². The summed E-state index contributed by atoms with van der Waals surface area (Å²) in [5, 5.41) is 11.8. The van der Waals surface area contributed by atoms with Crippen LogP contribution >= 0.6 is 0 Å². The Morgan fingerprint density at radius 3 is 2.62 bits per heavy atom. The van der Waals surface area contributed by atoms with Gasteiger partial charge in [0.15, 0.2) is 23.5 Å². The molecule has 1 heterocycles. The largest absolute Gasteiger partial charge is 0.393 e. The molecule has 4 saturated carbocycles. The molecule has 5 nitrogen and oxygen atoms in total. The second-order valence-electron chi connectivity index (χ2n) is 14.5. The molecule has 6 rings (SSSR count). The Labute approximate surface area is 221 Å². The molecule has 1 aliphatic heterocycles. The Morgan fingerprint density at radius 2 is 1.95 bits per heavy atom. The van der Waals surface area contributed by atoms with Gasteiger partial charge in [0, 0.05) is 23.2 Å². The Bertz CT molecular complexity index is 1080. The molecule has 5 heteroatoms. The van der Waals surface area contributed by atoms with E-state index in [-0.39, 0.29) is 46.3 Å². The first-order valence-corrected chi connectivity index (χ1v) is 14.5. The van der Waals surface area contributed by atoms with Crippen LogP contribution in [0.5, 0.6) is 0 Å². The van der Waals surface area contributed by atoms with Crippen LogP contribution in [0.25, 0.3) is 0 Å². The zero-order valence-electron chi connectivity index (χ0n) is 23.2. The number of aliphatic hydroxyl groups excluding tert-OH is 1. The molecule has 9 atom stereocenters. The molecule has 0 aromatic rings. The summed E-state index contributed by atoms with van der Waals surface area (Å²) in [6, 6.07) is 0. The highest BCUT2D eigenvalue weighted by Crippen LogP contribution is 2.70. The van der Waals surface area contributed by atoms with Gasteiger partial charge in [-0.3, -0.25) is 9.59 Å². The number of Topliss-reactive ketones (excluding diaryl/α,β-unsaturated/α-hetero) is 1. The molecule has 0 aromatic heterocycles. The topological polar surface area (TPSA) is 72.8 Å². The van der Waals surface area contributed by atoms with Crippen LogP contribution < -0.4 is 0 Å². The van der Waals surface area contributed by atoms with E-state index in [1.807, 2.05) is 12.2 Å². The Kier molecular flexibility index (Phi) is 5.88. The lowest BCUT2D eigenvalue weighted by atomic mass is 9.46. The van der Waals surface area contributed by atoms with Gasteiger partial charge in [-0.05, 0) is 79.9 Å². The van der Waals surface area contributed by atoms with Crippen molar-refractivity contribution < 1.29 is 24.2 Å². The van der Waals surface area contributed by atoms with E-state index < -0.39 is 23.4 Å². The number of allylic oxidation sites excluding steroid dienone is 5. The van der Waals surface area contributed by atoms with Crippen molar-refractivity contribution in [2.75, 3.05) is 0 Å². The molecular formula is C32H44O5. The number of ether oxygens (including phenoxy) is 2. The quantitative estimate of drug-likeness (QED) is 0.492. The lowest BCUT2D eigenvalue weighted by Crippen LogP contribution is -2.63. The van der Waals surface area contributed by atoms with Crippen LogP contribution in [0.3, 0.4) is 0 Å². The van der Waals surface area contributed by atoms with Crippen LogP contribution in [0.4, 0.5) is 0 Å². The zero-order chi connectivity index (χ0) is 26.4. The maximum Gasteiger partial charge on any atom is 0.178 e. The predicted octanol–water partition coefficient (Wildman–Crippen LogP) is 5.72. The third kappa shape index (κ3) is 3.74. The van der Waals surface area contributed by atoms with E-state index in [9.17, 15) is 14.7 Å². The summed E-state index contributed by atoms with van der Waals surface area (Å²) in [4.78, 5) is 26.4. The van der Waals surface area contributed by atoms with Crippen LogP contribution in [0.15, 0.2) is 36.0 Å². The summed E-state index contributed by atoms with van der Waals surface area (Å²) in [6.45, 7) is 10.7. The molecule has 0 unspecified atom stereocenters. The SMILES string of the molecule is CC(C)(C)CC(=O)[C@@]12O[C@H](/C=C/C3CCC3)O[C@@H]1C[C@H]1[C@@H]3CCC4=CC(=O)C=C[C@]4(C)[C@H]3[C@@H](O)C[C@@]12C. The fourth-order valence-corrected chi connectivity index (χ4v) is 9.18. The van der Waals surface area contributed by atoms with Crippen LogP contribution in [0, 0.1) is 39.9 Å². The van der Waals surface area contributed by atoms with E-state index in [4.69, 9.17) is 9.47 Å². The van der Waals surface area contributed by atoms with Gasteiger partial charge in [-0.2, -0.15) is 0 Å². The zero-order valence-corrected chi connectivity index (χ0v) is 23.2. The van der Waals surface area contributed by atoms with Crippen LogP contribution in [0.2, 0.25) is 0 Å². The van der Waals surface area contributed by atoms with Crippen molar-refractivity contribution in [3.05, 3.63) is 36.0 Å². The van der Waals surface area contributed by atoms with Crippen LogP contribution in [0.1, 0.15) is 86.0 Å². The van der Waals surface area contributed by atoms with Gasteiger partial charge >= 0.3 is 0 Å². The van der Waals surface area contributed by atoms with Crippen molar-refractivity contribution in [1.29, 1.82) is 0 Å². The normalized spacial score (nSPS) is 47.2. The van der Waals surface area contributed by atoms with Crippen molar-refractivity contribution in [3.8, 4) is 0 Å². The molecule has 1 saturated heterocycles. The molecule has 0 spiro atoms. The number of fused-ring (bicyclic) bond motifs is 7. The number of hydrogen-bond donors (Lipinski definition) is 1. The second-order valence-corrected chi connectivity index (χ2v) is 14.5. The van der Waals surface area contributed by atoms with Crippen molar-refractivity contribution in [1.82, 2.24) is 0 Å². The number of carbonyl (C=O) groups is 2. The molecule has 5 aliphatic carbocycles. The van der Waals surface area contributed by atoms with Gasteiger partial charge in [0.1, 0.15) is 0 Å². The Balaban J connectivity index is 1.37. The Hall–Kier alpha value is -1.56. The predicted molar refractivity (Wildman–Crippen MR) is 141 cm³/mol. The van der Waals surface area contributed by atoms with Gasteiger partial charge in [0.2, 0.25) is 0 Å². The standard InChI is InChI=1S/C32H44O5/c1-29(2,3)18-25(35)32-26(36-27(37-32)12-9-19-7-6-8-19)16-23-22-11-10-20-15-21(33)13-14-30(20,4)28(22)24(34)17-31(23,32)5/h9,12-15,19,22-24,26-28,34H,6-8,10-11,16-18H2,1-5H3/b12-9+/t22-,23-,24-,26+,27+,28+,30-,31-,32+/m0/s1. The number of hydrogen-bond acceptors (Lipinski definition) is 5. The fraction of sp³-hybridized carbons (Fsp3) is 0.750. The lowest BCUT2D eigenvalue weighted by Gasteiger charge is -2.59. The van der Waals surface area contributed by atoms with E-state index >= 15 is 0 Å². The highest BCUT2D eigenvalue weighted by molar-refractivity contribution is 6.01. The minimum absolute atomic E-state index is 0.0258. The van der Waals surface area contributed by atoms with E-state index in [1.165, 1.54) is 19.3 Å². The van der Waals surface area contributed by atoms with Gasteiger partial charge in [-0.15, -0.1) is 0 Å². The lowest BCUT2D eigenvalue weighted by molar-refractivity contribution is -0.193. The van der Waals surface area contributed by atoms with E-state index in [0.29, 0.717) is 18.8 Å². The summed E-state index contributed by atoms with van der Waals surface area (Å²) < 4.78 is 13.4.